The van der Waals surface area contributed by atoms with Gasteiger partial charge in [-0.05, 0) is 66.8 Å². The zero-order valence-electron chi connectivity index (χ0n) is 23.3. The number of nitro benzene ring substituents is 1. The monoisotopic (exact) mass is 577 g/mol. The van der Waals surface area contributed by atoms with E-state index in [0.717, 1.165) is 0 Å². The first-order chi connectivity index (χ1) is 20.8. The van der Waals surface area contributed by atoms with Crippen LogP contribution in [0.2, 0.25) is 0 Å². The van der Waals surface area contributed by atoms with Crippen LogP contribution in [0.5, 0.6) is 11.5 Å². The van der Waals surface area contributed by atoms with Crippen LogP contribution in [0.25, 0.3) is 12.2 Å². The summed E-state index contributed by atoms with van der Waals surface area (Å²) < 4.78 is 10.7. The lowest BCUT2D eigenvalue weighted by atomic mass is 10.1. The predicted molar refractivity (Wildman–Crippen MR) is 163 cm³/mol. The van der Waals surface area contributed by atoms with Crippen molar-refractivity contribution < 1.29 is 28.8 Å². The van der Waals surface area contributed by atoms with E-state index >= 15 is 0 Å². The molecule has 43 heavy (non-hydrogen) atoms. The van der Waals surface area contributed by atoms with E-state index in [9.17, 15) is 24.5 Å². The number of ether oxygens (including phenoxy) is 2. The minimum atomic E-state index is -0.716. The quantitative estimate of drug-likeness (QED) is 0.0977. The predicted octanol–water partition coefficient (Wildman–Crippen LogP) is 5.92. The SMILES string of the molecule is COc1cccc(/C=C/C(=O)c2ccc(NC(=O)/C(=C/c3ccccc3[N+](=O)[O-])NC(=O)c3ccccc3)cc2)c1OC. The molecule has 0 heterocycles. The molecule has 0 saturated heterocycles. The summed E-state index contributed by atoms with van der Waals surface area (Å²) in [5.74, 6) is -0.536. The highest BCUT2D eigenvalue weighted by molar-refractivity contribution is 6.11. The van der Waals surface area contributed by atoms with Crippen LogP contribution < -0.4 is 20.1 Å². The van der Waals surface area contributed by atoms with E-state index in [0.29, 0.717) is 33.9 Å². The number of nitro groups is 1. The third kappa shape index (κ3) is 7.59. The number of nitrogens with zero attached hydrogens (tertiary/aromatic N) is 1. The van der Waals surface area contributed by atoms with Crippen molar-refractivity contribution >= 4 is 41.1 Å². The van der Waals surface area contributed by atoms with Crippen molar-refractivity contribution in [3.05, 3.63) is 141 Å². The second-order valence-corrected chi connectivity index (χ2v) is 9.01. The molecule has 0 bridgehead atoms. The number of ketones is 1. The van der Waals surface area contributed by atoms with Crippen molar-refractivity contribution in [3.63, 3.8) is 0 Å². The van der Waals surface area contributed by atoms with Crippen LogP contribution in [0.3, 0.4) is 0 Å². The third-order valence-corrected chi connectivity index (χ3v) is 6.24. The molecule has 0 spiro atoms. The Morgan fingerprint density at radius 3 is 2.12 bits per heavy atom. The van der Waals surface area contributed by atoms with Crippen molar-refractivity contribution in [1.82, 2.24) is 5.32 Å². The van der Waals surface area contributed by atoms with Crippen LogP contribution >= 0.6 is 0 Å². The first kappa shape index (κ1) is 29.9. The van der Waals surface area contributed by atoms with Gasteiger partial charge in [-0.3, -0.25) is 24.5 Å². The van der Waals surface area contributed by atoms with E-state index in [-0.39, 0.29) is 22.7 Å². The van der Waals surface area contributed by atoms with Gasteiger partial charge in [0.1, 0.15) is 5.70 Å². The number of hydrogen-bond donors (Lipinski definition) is 2. The number of nitrogens with one attached hydrogen (secondary N) is 2. The highest BCUT2D eigenvalue weighted by atomic mass is 16.6. The molecule has 4 rings (SSSR count). The van der Waals surface area contributed by atoms with Gasteiger partial charge in [0.15, 0.2) is 17.3 Å². The molecule has 0 saturated carbocycles. The number of hydrogen-bond acceptors (Lipinski definition) is 7. The smallest absolute Gasteiger partial charge is 0.276 e. The van der Waals surface area contributed by atoms with Gasteiger partial charge in [-0.1, -0.05) is 42.5 Å². The summed E-state index contributed by atoms with van der Waals surface area (Å²) in [5, 5.41) is 16.7. The second-order valence-electron chi connectivity index (χ2n) is 9.01. The van der Waals surface area contributed by atoms with Gasteiger partial charge in [0, 0.05) is 28.4 Å². The fourth-order valence-electron chi connectivity index (χ4n) is 4.09. The van der Waals surface area contributed by atoms with E-state index in [2.05, 4.69) is 10.6 Å². The Kier molecular flexibility index (Phi) is 9.78. The van der Waals surface area contributed by atoms with Crippen LogP contribution in [0, 0.1) is 10.1 Å². The Hall–Kier alpha value is -6.03. The Labute approximate surface area is 247 Å². The van der Waals surface area contributed by atoms with Crippen molar-refractivity contribution in [2.75, 3.05) is 19.5 Å². The molecule has 10 nitrogen and oxygen atoms in total. The van der Waals surface area contributed by atoms with E-state index in [1.54, 1.807) is 72.8 Å². The molecular weight excluding hydrogens is 550 g/mol. The van der Waals surface area contributed by atoms with E-state index < -0.39 is 16.7 Å². The summed E-state index contributed by atoms with van der Waals surface area (Å²) in [6.45, 7) is 0. The molecule has 0 radical (unpaired) electrons. The Bertz CT molecular complexity index is 1710. The number of anilines is 1. The molecule has 2 amide bonds. The van der Waals surface area contributed by atoms with Gasteiger partial charge in [0.2, 0.25) is 0 Å². The third-order valence-electron chi connectivity index (χ3n) is 6.24. The first-order valence-corrected chi connectivity index (χ1v) is 13.0. The van der Waals surface area contributed by atoms with Crippen LogP contribution in [-0.2, 0) is 4.79 Å². The molecule has 0 fully saturated rings. The van der Waals surface area contributed by atoms with Crippen molar-refractivity contribution in [2.24, 2.45) is 0 Å². The van der Waals surface area contributed by atoms with Gasteiger partial charge < -0.3 is 20.1 Å². The number of methoxy groups -OCH3 is 2. The lowest BCUT2D eigenvalue weighted by Gasteiger charge is -2.12. The topological polar surface area (TPSA) is 137 Å². The Morgan fingerprint density at radius 2 is 1.44 bits per heavy atom. The number of amides is 2. The number of rotatable bonds is 11. The zero-order chi connectivity index (χ0) is 30.8. The highest BCUT2D eigenvalue weighted by Gasteiger charge is 2.18. The number of benzene rings is 4. The molecule has 10 heteroatoms. The molecule has 0 aliphatic rings. The van der Waals surface area contributed by atoms with E-state index in [4.69, 9.17) is 9.47 Å². The summed E-state index contributed by atoms with van der Waals surface area (Å²) in [7, 11) is 3.04. The second kappa shape index (κ2) is 14.0. The van der Waals surface area contributed by atoms with Gasteiger partial charge >= 0.3 is 0 Å². The van der Waals surface area contributed by atoms with Gasteiger partial charge in [-0.15, -0.1) is 0 Å². The van der Waals surface area contributed by atoms with Gasteiger partial charge in [-0.25, -0.2) is 0 Å². The van der Waals surface area contributed by atoms with Gasteiger partial charge in [0.25, 0.3) is 17.5 Å². The number of carbonyl (C=O) groups excluding carboxylic acids is 3. The van der Waals surface area contributed by atoms with Crippen molar-refractivity contribution in [1.29, 1.82) is 0 Å². The van der Waals surface area contributed by atoms with Crippen LogP contribution in [0.1, 0.15) is 31.8 Å². The largest absolute Gasteiger partial charge is 0.493 e. The molecule has 0 aromatic heterocycles. The average Bonchev–Trinajstić information content (AvgIpc) is 3.03. The zero-order valence-corrected chi connectivity index (χ0v) is 23.3. The molecule has 0 aliphatic heterocycles. The number of allylic oxidation sites excluding steroid dienone is 1. The molecule has 2 N–H and O–H groups in total. The normalized spacial score (nSPS) is 11.1. The molecule has 0 aliphatic carbocycles. The summed E-state index contributed by atoms with van der Waals surface area (Å²) in [6, 6.07) is 25.6. The minimum Gasteiger partial charge on any atom is -0.493 e. The van der Waals surface area contributed by atoms with Crippen molar-refractivity contribution in [2.45, 2.75) is 0 Å². The summed E-state index contributed by atoms with van der Waals surface area (Å²) in [4.78, 5) is 49.9. The summed E-state index contributed by atoms with van der Waals surface area (Å²) in [6.07, 6.45) is 4.26. The highest BCUT2D eigenvalue weighted by Crippen LogP contribution is 2.31. The van der Waals surface area contributed by atoms with Crippen molar-refractivity contribution in [3.8, 4) is 11.5 Å². The Morgan fingerprint density at radius 1 is 0.767 bits per heavy atom. The van der Waals surface area contributed by atoms with Crippen LogP contribution in [0.15, 0.2) is 109 Å². The summed E-state index contributed by atoms with van der Waals surface area (Å²) >= 11 is 0. The van der Waals surface area contributed by atoms with Crippen LogP contribution in [-0.4, -0.2) is 36.7 Å². The molecule has 0 atom stereocenters. The summed E-state index contributed by atoms with van der Waals surface area (Å²) in [5.41, 5.74) is 1.35. The molecule has 4 aromatic rings. The van der Waals surface area contributed by atoms with Gasteiger partial charge in [-0.2, -0.15) is 0 Å². The molecule has 4 aromatic carbocycles. The fraction of sp³-hybridized carbons (Fsp3) is 0.0606. The van der Waals surface area contributed by atoms with Gasteiger partial charge in [0.05, 0.1) is 24.7 Å². The lowest BCUT2D eigenvalue weighted by molar-refractivity contribution is -0.385. The number of carbonyl (C=O) groups is 3. The van der Waals surface area contributed by atoms with E-state index in [1.165, 1.54) is 56.7 Å². The fourth-order valence-corrected chi connectivity index (χ4v) is 4.09. The first-order valence-electron chi connectivity index (χ1n) is 13.0. The maximum atomic E-state index is 13.3. The lowest BCUT2D eigenvalue weighted by Crippen LogP contribution is -2.30. The maximum absolute atomic E-state index is 13.3. The van der Waals surface area contributed by atoms with E-state index in [1.807, 2.05) is 0 Å². The molecule has 216 valence electrons. The standard InChI is InChI=1S/C33H27N3O7/c1-42-30-14-8-12-23(31(30)43-2)17-20-29(37)22-15-18-26(19-16-22)34-33(39)27(35-32(38)24-9-4-3-5-10-24)21-25-11-6-7-13-28(25)36(40)41/h3-21H,1-2H3,(H,34,39)(H,35,38)/b20-17+,27-21-. The molecule has 0 unspecified atom stereocenters. The number of para-hydroxylation sites is 2. The average molecular weight is 578 g/mol. The minimum absolute atomic E-state index is 0.131. The maximum Gasteiger partial charge on any atom is 0.276 e. The molecular formula is C33H27N3O7. The van der Waals surface area contributed by atoms with Crippen LogP contribution in [0.4, 0.5) is 11.4 Å². The Balaban J connectivity index is 1.54.